The van der Waals surface area contributed by atoms with Crippen LogP contribution in [0.4, 0.5) is 0 Å². The molecular formula is C20H23NO3S. The molecule has 0 spiro atoms. The van der Waals surface area contributed by atoms with Crippen LogP contribution in [0.2, 0.25) is 0 Å². The topological polar surface area (TPSA) is 46.6 Å². The van der Waals surface area contributed by atoms with Gasteiger partial charge in [-0.1, -0.05) is 44.2 Å². The van der Waals surface area contributed by atoms with Gasteiger partial charge >= 0.3 is 5.97 Å². The molecule has 1 aliphatic rings. The summed E-state index contributed by atoms with van der Waals surface area (Å²) in [7, 11) is 0. The molecule has 2 aromatic carbocycles. The van der Waals surface area contributed by atoms with E-state index in [1.165, 1.54) is 0 Å². The van der Waals surface area contributed by atoms with Gasteiger partial charge in [0.15, 0.2) is 0 Å². The third kappa shape index (κ3) is 3.52. The molecule has 1 aliphatic heterocycles. The Balaban J connectivity index is 1.95. The maximum absolute atomic E-state index is 13.2. The van der Waals surface area contributed by atoms with Gasteiger partial charge in [0.2, 0.25) is 0 Å². The van der Waals surface area contributed by atoms with Crippen LogP contribution in [0.1, 0.15) is 31.1 Å². The van der Waals surface area contributed by atoms with E-state index >= 15 is 0 Å². The minimum absolute atomic E-state index is 0.0200. The third-order valence-electron chi connectivity index (χ3n) is 4.39. The molecule has 3 rings (SSSR count). The number of carbonyl (C=O) groups excluding carboxylic acids is 2. The van der Waals surface area contributed by atoms with Crippen LogP contribution in [-0.4, -0.2) is 40.6 Å². The number of esters is 1. The smallest absolute Gasteiger partial charge is 0.329 e. The van der Waals surface area contributed by atoms with Crippen molar-refractivity contribution in [1.82, 2.24) is 4.90 Å². The third-order valence-corrected chi connectivity index (χ3v) is 6.02. The summed E-state index contributed by atoms with van der Waals surface area (Å²) in [5, 5.41) is 2.10. The molecule has 0 bridgehead atoms. The average Bonchev–Trinajstić information content (AvgIpc) is 3.06. The van der Waals surface area contributed by atoms with Crippen molar-refractivity contribution in [1.29, 1.82) is 0 Å². The maximum atomic E-state index is 13.2. The van der Waals surface area contributed by atoms with E-state index in [9.17, 15) is 9.59 Å². The zero-order valence-corrected chi connectivity index (χ0v) is 15.6. The Morgan fingerprint density at radius 3 is 2.60 bits per heavy atom. The molecule has 1 amide bonds. The zero-order chi connectivity index (χ0) is 18.0. The fourth-order valence-electron chi connectivity index (χ4n) is 3.19. The van der Waals surface area contributed by atoms with Gasteiger partial charge in [0.05, 0.1) is 12.0 Å². The van der Waals surface area contributed by atoms with Gasteiger partial charge in [-0.25, -0.2) is 4.79 Å². The van der Waals surface area contributed by atoms with Gasteiger partial charge in [-0.2, -0.15) is 0 Å². The molecule has 132 valence electrons. The Morgan fingerprint density at radius 2 is 1.92 bits per heavy atom. The number of fused-ring (bicyclic) bond motifs is 1. The molecule has 0 radical (unpaired) electrons. The van der Waals surface area contributed by atoms with E-state index in [-0.39, 0.29) is 23.2 Å². The van der Waals surface area contributed by atoms with E-state index in [1.807, 2.05) is 42.5 Å². The first-order chi connectivity index (χ1) is 12.0. The van der Waals surface area contributed by atoms with Crippen molar-refractivity contribution in [3.05, 3.63) is 48.0 Å². The number of ether oxygens (including phenoxy) is 1. The maximum Gasteiger partial charge on any atom is 0.329 e. The van der Waals surface area contributed by atoms with Crippen molar-refractivity contribution in [2.45, 2.75) is 32.2 Å². The summed E-state index contributed by atoms with van der Waals surface area (Å²) in [6.45, 7) is 6.26. The van der Waals surface area contributed by atoms with E-state index in [0.29, 0.717) is 17.9 Å². The van der Waals surface area contributed by atoms with E-state index in [2.05, 4.69) is 13.8 Å². The van der Waals surface area contributed by atoms with Crippen molar-refractivity contribution in [2.75, 3.05) is 12.4 Å². The highest BCUT2D eigenvalue weighted by Gasteiger charge is 2.43. The van der Waals surface area contributed by atoms with E-state index < -0.39 is 6.04 Å². The number of nitrogens with zero attached hydrogens (tertiary/aromatic N) is 1. The van der Waals surface area contributed by atoms with Crippen LogP contribution >= 0.6 is 11.8 Å². The van der Waals surface area contributed by atoms with E-state index in [1.54, 1.807) is 23.6 Å². The highest BCUT2D eigenvalue weighted by atomic mass is 32.2. The normalized spacial score (nSPS) is 20.2. The number of amides is 1. The number of carbonyl (C=O) groups is 2. The van der Waals surface area contributed by atoms with Crippen LogP contribution in [0.15, 0.2) is 42.5 Å². The SMILES string of the molecule is CCOC(=O)C1CSC(C(C)C)N1C(=O)c1ccc2ccccc2c1. The highest BCUT2D eigenvalue weighted by Crippen LogP contribution is 2.36. The number of hydrogen-bond acceptors (Lipinski definition) is 4. The van der Waals surface area contributed by atoms with Crippen LogP contribution in [-0.2, 0) is 9.53 Å². The molecule has 1 heterocycles. The first kappa shape index (κ1) is 17.8. The summed E-state index contributed by atoms with van der Waals surface area (Å²) < 4.78 is 5.19. The fraction of sp³-hybridized carbons (Fsp3) is 0.400. The lowest BCUT2D eigenvalue weighted by atomic mass is 10.0. The van der Waals surface area contributed by atoms with Gasteiger partial charge in [0.25, 0.3) is 5.91 Å². The lowest BCUT2D eigenvalue weighted by molar-refractivity contribution is -0.147. The molecule has 1 saturated heterocycles. The molecule has 5 heteroatoms. The van der Waals surface area contributed by atoms with Crippen LogP contribution in [0, 0.1) is 5.92 Å². The zero-order valence-electron chi connectivity index (χ0n) is 14.8. The Morgan fingerprint density at radius 1 is 1.20 bits per heavy atom. The Labute approximate surface area is 152 Å². The Kier molecular flexibility index (Phi) is 5.33. The predicted molar refractivity (Wildman–Crippen MR) is 102 cm³/mol. The van der Waals surface area contributed by atoms with E-state index in [0.717, 1.165) is 10.8 Å². The van der Waals surface area contributed by atoms with Gasteiger partial charge in [-0.05, 0) is 35.7 Å². The molecule has 2 unspecified atom stereocenters. The van der Waals surface area contributed by atoms with Gasteiger partial charge < -0.3 is 9.64 Å². The lowest BCUT2D eigenvalue weighted by Crippen LogP contribution is -2.47. The first-order valence-corrected chi connectivity index (χ1v) is 9.67. The van der Waals surface area contributed by atoms with Crippen molar-refractivity contribution >= 4 is 34.4 Å². The van der Waals surface area contributed by atoms with Gasteiger partial charge in [-0.15, -0.1) is 11.8 Å². The predicted octanol–water partition coefficient (Wildman–Crippen LogP) is 3.94. The van der Waals surface area contributed by atoms with Crippen LogP contribution in [0.5, 0.6) is 0 Å². The van der Waals surface area contributed by atoms with E-state index in [4.69, 9.17) is 4.74 Å². The molecule has 2 aromatic rings. The Bertz CT molecular complexity index is 789. The average molecular weight is 357 g/mol. The van der Waals surface area contributed by atoms with Crippen molar-refractivity contribution < 1.29 is 14.3 Å². The molecule has 1 fully saturated rings. The Hall–Kier alpha value is -2.01. The summed E-state index contributed by atoms with van der Waals surface area (Å²) in [5.74, 6) is 0.426. The lowest BCUT2D eigenvalue weighted by Gasteiger charge is -2.30. The minimum Gasteiger partial charge on any atom is -0.464 e. The van der Waals surface area contributed by atoms with Crippen LogP contribution in [0.25, 0.3) is 10.8 Å². The summed E-state index contributed by atoms with van der Waals surface area (Å²) in [6, 6.07) is 13.1. The summed E-state index contributed by atoms with van der Waals surface area (Å²) in [4.78, 5) is 27.3. The fourth-order valence-corrected chi connectivity index (χ4v) is 4.65. The number of hydrogen-bond donors (Lipinski definition) is 0. The van der Waals surface area contributed by atoms with Crippen molar-refractivity contribution in [3.63, 3.8) is 0 Å². The highest BCUT2D eigenvalue weighted by molar-refractivity contribution is 8.00. The number of thioether (sulfide) groups is 1. The molecule has 0 aliphatic carbocycles. The largest absolute Gasteiger partial charge is 0.464 e. The van der Waals surface area contributed by atoms with Gasteiger partial charge in [-0.3, -0.25) is 4.79 Å². The minimum atomic E-state index is -0.517. The van der Waals surface area contributed by atoms with Gasteiger partial charge in [0, 0.05) is 11.3 Å². The second-order valence-electron chi connectivity index (χ2n) is 6.51. The molecular weight excluding hydrogens is 334 g/mol. The summed E-state index contributed by atoms with van der Waals surface area (Å²) in [5.41, 5.74) is 0.612. The second-order valence-corrected chi connectivity index (χ2v) is 7.66. The molecule has 25 heavy (non-hydrogen) atoms. The van der Waals surface area contributed by atoms with Crippen molar-refractivity contribution in [2.24, 2.45) is 5.92 Å². The first-order valence-electron chi connectivity index (χ1n) is 8.62. The molecule has 0 aromatic heterocycles. The monoisotopic (exact) mass is 357 g/mol. The molecule has 0 N–H and O–H groups in total. The molecule has 2 atom stereocenters. The van der Waals surface area contributed by atoms with Gasteiger partial charge in [0.1, 0.15) is 6.04 Å². The summed E-state index contributed by atoms with van der Waals surface area (Å²) in [6.07, 6.45) is 0. The second kappa shape index (κ2) is 7.48. The van der Waals surface area contributed by atoms with Crippen LogP contribution < -0.4 is 0 Å². The number of benzene rings is 2. The molecule has 4 nitrogen and oxygen atoms in total. The quantitative estimate of drug-likeness (QED) is 0.778. The standard InChI is InChI=1S/C20H23NO3S/c1-4-24-20(23)17-12-25-19(13(2)3)21(17)18(22)16-10-9-14-7-5-6-8-15(14)11-16/h5-11,13,17,19H,4,12H2,1-3H3. The number of rotatable bonds is 4. The van der Waals surface area contributed by atoms with Crippen LogP contribution in [0.3, 0.4) is 0 Å². The molecule has 0 saturated carbocycles. The van der Waals surface area contributed by atoms with Crippen molar-refractivity contribution in [3.8, 4) is 0 Å². The summed E-state index contributed by atoms with van der Waals surface area (Å²) >= 11 is 1.65.